The molecule has 92 valence electrons. The van der Waals surface area contributed by atoms with E-state index in [9.17, 15) is 9.59 Å². The monoisotopic (exact) mass is 228 g/mol. The third-order valence-electron chi connectivity index (χ3n) is 2.73. The summed E-state index contributed by atoms with van der Waals surface area (Å²) < 4.78 is 0. The van der Waals surface area contributed by atoms with Crippen molar-refractivity contribution in [3.8, 4) is 0 Å². The van der Waals surface area contributed by atoms with Crippen LogP contribution in [0.2, 0.25) is 0 Å². The zero-order chi connectivity index (χ0) is 12.0. The molecule has 2 unspecified atom stereocenters. The summed E-state index contributed by atoms with van der Waals surface area (Å²) in [7, 11) is 0. The lowest BCUT2D eigenvalue weighted by atomic mass is 9.98. The second-order valence-corrected chi connectivity index (χ2v) is 4.32. The molecule has 1 heterocycles. The molecule has 0 radical (unpaired) electrons. The lowest BCUT2D eigenvalue weighted by molar-refractivity contribution is -0.128. The Morgan fingerprint density at radius 2 is 2.44 bits per heavy atom. The highest BCUT2D eigenvalue weighted by Crippen LogP contribution is 2.10. The molecule has 0 spiro atoms. The largest absolute Gasteiger partial charge is 0.393 e. The molecule has 2 amide bonds. The van der Waals surface area contributed by atoms with Crippen molar-refractivity contribution in [2.75, 3.05) is 13.1 Å². The van der Waals surface area contributed by atoms with E-state index in [0.717, 1.165) is 6.42 Å². The van der Waals surface area contributed by atoms with Gasteiger partial charge in [-0.1, -0.05) is 0 Å². The van der Waals surface area contributed by atoms with Crippen molar-refractivity contribution in [2.24, 2.45) is 5.92 Å². The molecule has 5 nitrogen and oxygen atoms in total. The van der Waals surface area contributed by atoms with Gasteiger partial charge in [0.15, 0.2) is 0 Å². The maximum atomic E-state index is 11.6. The number of aliphatic hydroxyl groups is 1. The molecule has 1 rings (SSSR count). The summed E-state index contributed by atoms with van der Waals surface area (Å²) >= 11 is 0. The third kappa shape index (κ3) is 4.61. The Kier molecular flexibility index (Phi) is 5.25. The van der Waals surface area contributed by atoms with Gasteiger partial charge in [-0.2, -0.15) is 0 Å². The summed E-state index contributed by atoms with van der Waals surface area (Å²) in [6, 6.07) is 0. The van der Waals surface area contributed by atoms with Gasteiger partial charge in [-0.25, -0.2) is 0 Å². The van der Waals surface area contributed by atoms with Gasteiger partial charge in [0.05, 0.1) is 12.0 Å². The van der Waals surface area contributed by atoms with E-state index in [1.54, 1.807) is 6.92 Å². The summed E-state index contributed by atoms with van der Waals surface area (Å²) in [6.45, 7) is 2.77. The van der Waals surface area contributed by atoms with E-state index in [1.165, 1.54) is 0 Å². The number of rotatable bonds is 5. The van der Waals surface area contributed by atoms with Crippen molar-refractivity contribution >= 4 is 11.8 Å². The van der Waals surface area contributed by atoms with Crippen LogP contribution >= 0.6 is 0 Å². The van der Waals surface area contributed by atoms with Gasteiger partial charge in [0.1, 0.15) is 0 Å². The second kappa shape index (κ2) is 6.48. The average molecular weight is 228 g/mol. The van der Waals surface area contributed by atoms with E-state index in [-0.39, 0.29) is 23.8 Å². The summed E-state index contributed by atoms with van der Waals surface area (Å²) in [5, 5.41) is 14.5. The van der Waals surface area contributed by atoms with Crippen molar-refractivity contribution in [2.45, 2.75) is 38.7 Å². The molecule has 1 saturated heterocycles. The van der Waals surface area contributed by atoms with Crippen molar-refractivity contribution < 1.29 is 14.7 Å². The molecule has 0 aromatic rings. The fourth-order valence-corrected chi connectivity index (χ4v) is 1.71. The van der Waals surface area contributed by atoms with Gasteiger partial charge < -0.3 is 15.7 Å². The lowest BCUT2D eigenvalue weighted by Gasteiger charge is -2.21. The van der Waals surface area contributed by atoms with Crippen LogP contribution in [-0.2, 0) is 9.59 Å². The number of aliphatic hydroxyl groups excluding tert-OH is 1. The number of nitrogens with one attached hydrogen (secondary N) is 2. The second-order valence-electron chi connectivity index (χ2n) is 4.32. The Morgan fingerprint density at radius 3 is 3.00 bits per heavy atom. The minimum Gasteiger partial charge on any atom is -0.393 e. The van der Waals surface area contributed by atoms with E-state index in [2.05, 4.69) is 10.6 Å². The first-order valence-electron chi connectivity index (χ1n) is 5.82. The zero-order valence-corrected chi connectivity index (χ0v) is 9.66. The number of carbonyl (C=O) groups is 2. The van der Waals surface area contributed by atoms with Crippen LogP contribution < -0.4 is 10.6 Å². The molecular weight excluding hydrogens is 208 g/mol. The van der Waals surface area contributed by atoms with Gasteiger partial charge in [-0.15, -0.1) is 0 Å². The fraction of sp³-hybridized carbons (Fsp3) is 0.818. The number of hydrogen-bond donors (Lipinski definition) is 3. The molecule has 1 aliphatic rings. The molecule has 3 N–H and O–H groups in total. The molecule has 0 aromatic carbocycles. The number of hydrogen-bond acceptors (Lipinski definition) is 3. The number of piperidine rings is 1. The third-order valence-corrected chi connectivity index (χ3v) is 2.73. The maximum Gasteiger partial charge on any atom is 0.224 e. The summed E-state index contributed by atoms with van der Waals surface area (Å²) in [6.07, 6.45) is 2.23. The van der Waals surface area contributed by atoms with Crippen LogP contribution in [-0.4, -0.2) is 36.1 Å². The van der Waals surface area contributed by atoms with Crippen LogP contribution in [0.3, 0.4) is 0 Å². The first-order chi connectivity index (χ1) is 7.59. The van der Waals surface area contributed by atoms with Crippen molar-refractivity contribution in [3.63, 3.8) is 0 Å². The first kappa shape index (κ1) is 13.0. The normalized spacial score (nSPS) is 22.4. The van der Waals surface area contributed by atoms with E-state index >= 15 is 0 Å². The van der Waals surface area contributed by atoms with E-state index in [1.807, 2.05) is 0 Å². The quantitative estimate of drug-likeness (QED) is 0.570. The minimum atomic E-state index is -0.314. The summed E-state index contributed by atoms with van der Waals surface area (Å²) in [5.74, 6) is -0.0620. The Labute approximate surface area is 95.6 Å². The molecule has 16 heavy (non-hydrogen) atoms. The number of amides is 2. The van der Waals surface area contributed by atoms with Gasteiger partial charge in [0.2, 0.25) is 11.8 Å². The predicted molar refractivity (Wildman–Crippen MR) is 59.7 cm³/mol. The Hall–Kier alpha value is -1.10. The standard InChI is InChI=1S/C11H20N2O3/c1-8(14)3-2-6-12-11(16)9-4-5-10(15)13-7-9/h8-9,14H,2-7H2,1H3,(H,12,16)(H,13,15). The van der Waals surface area contributed by atoms with E-state index < -0.39 is 0 Å². The van der Waals surface area contributed by atoms with Crippen molar-refractivity contribution in [3.05, 3.63) is 0 Å². The molecule has 2 atom stereocenters. The van der Waals surface area contributed by atoms with Gasteiger partial charge in [0, 0.05) is 19.5 Å². The highest BCUT2D eigenvalue weighted by atomic mass is 16.3. The first-order valence-corrected chi connectivity index (χ1v) is 5.82. The molecule has 5 heteroatoms. The number of carbonyl (C=O) groups excluding carboxylic acids is 2. The predicted octanol–water partition coefficient (Wildman–Crippen LogP) is -0.210. The average Bonchev–Trinajstić information content (AvgIpc) is 2.25. The lowest BCUT2D eigenvalue weighted by Crippen LogP contribution is -2.43. The Morgan fingerprint density at radius 1 is 1.69 bits per heavy atom. The smallest absolute Gasteiger partial charge is 0.224 e. The highest BCUT2D eigenvalue weighted by Gasteiger charge is 2.23. The van der Waals surface area contributed by atoms with Crippen molar-refractivity contribution in [1.29, 1.82) is 0 Å². The fourth-order valence-electron chi connectivity index (χ4n) is 1.71. The van der Waals surface area contributed by atoms with Crippen LogP contribution in [0.15, 0.2) is 0 Å². The maximum absolute atomic E-state index is 11.6. The van der Waals surface area contributed by atoms with Gasteiger partial charge in [-0.3, -0.25) is 9.59 Å². The Bertz CT molecular complexity index is 244. The molecule has 0 saturated carbocycles. The van der Waals surface area contributed by atoms with Crippen LogP contribution in [0, 0.1) is 5.92 Å². The Balaban J connectivity index is 2.12. The van der Waals surface area contributed by atoms with E-state index in [4.69, 9.17) is 5.11 Å². The molecule has 1 fully saturated rings. The molecule has 0 bridgehead atoms. The van der Waals surface area contributed by atoms with Crippen molar-refractivity contribution in [1.82, 2.24) is 10.6 Å². The van der Waals surface area contributed by atoms with Crippen LogP contribution in [0.25, 0.3) is 0 Å². The summed E-state index contributed by atoms with van der Waals surface area (Å²) in [5.41, 5.74) is 0. The molecule has 0 aromatic heterocycles. The van der Waals surface area contributed by atoms with Gasteiger partial charge >= 0.3 is 0 Å². The van der Waals surface area contributed by atoms with E-state index in [0.29, 0.717) is 32.4 Å². The zero-order valence-electron chi connectivity index (χ0n) is 9.66. The van der Waals surface area contributed by atoms with Gasteiger partial charge in [0.25, 0.3) is 0 Å². The summed E-state index contributed by atoms with van der Waals surface area (Å²) in [4.78, 5) is 22.5. The SMILES string of the molecule is CC(O)CCCNC(=O)C1CCC(=O)NC1. The highest BCUT2D eigenvalue weighted by molar-refractivity contribution is 5.83. The molecule has 1 aliphatic heterocycles. The van der Waals surface area contributed by atoms with Crippen LogP contribution in [0.5, 0.6) is 0 Å². The topological polar surface area (TPSA) is 78.4 Å². The molecule has 0 aliphatic carbocycles. The van der Waals surface area contributed by atoms with Crippen LogP contribution in [0.1, 0.15) is 32.6 Å². The molecular formula is C11H20N2O3. The minimum absolute atomic E-state index is 0.00518. The van der Waals surface area contributed by atoms with Gasteiger partial charge in [-0.05, 0) is 26.2 Å². The van der Waals surface area contributed by atoms with Crippen LogP contribution in [0.4, 0.5) is 0 Å².